The number of nitrogens with zero attached hydrogens (tertiary/aromatic N) is 3. The molecule has 0 amide bonds. The fraction of sp³-hybridized carbons (Fsp3) is 0.667. The van der Waals surface area contributed by atoms with Gasteiger partial charge in [-0.05, 0) is 19.4 Å². The van der Waals surface area contributed by atoms with Crippen molar-refractivity contribution in [1.29, 1.82) is 0 Å². The molecular weight excluding hydrogens is 268 g/mol. The number of imidazole rings is 1. The van der Waals surface area contributed by atoms with E-state index in [1.54, 1.807) is 11.3 Å². The molecule has 112 valence electrons. The van der Waals surface area contributed by atoms with Crippen LogP contribution in [0, 0.1) is 5.92 Å². The van der Waals surface area contributed by atoms with E-state index < -0.39 is 0 Å². The molecule has 2 heterocycles. The van der Waals surface area contributed by atoms with Gasteiger partial charge in [-0.2, -0.15) is 0 Å². The molecule has 0 fully saturated rings. The first-order valence-electron chi connectivity index (χ1n) is 7.61. The highest BCUT2D eigenvalue weighted by atomic mass is 32.1. The van der Waals surface area contributed by atoms with Crippen LogP contribution in [0.4, 0.5) is 5.82 Å². The number of nitrogens with one attached hydrogen (secondary N) is 1. The molecule has 0 aliphatic rings. The molecule has 0 saturated carbocycles. The lowest BCUT2D eigenvalue weighted by Gasteiger charge is -2.25. The van der Waals surface area contributed by atoms with Gasteiger partial charge in [0.25, 0.3) is 0 Å². The number of hydrogen-bond acceptors (Lipinski definition) is 4. The first-order valence-corrected chi connectivity index (χ1v) is 8.49. The van der Waals surface area contributed by atoms with Crippen molar-refractivity contribution < 1.29 is 0 Å². The Kier molecular flexibility index (Phi) is 5.43. The van der Waals surface area contributed by atoms with Gasteiger partial charge in [0.15, 0.2) is 10.8 Å². The Bertz CT molecular complexity index is 531. The zero-order valence-electron chi connectivity index (χ0n) is 13.0. The highest BCUT2D eigenvalue weighted by Crippen LogP contribution is 2.25. The number of rotatable bonds is 8. The van der Waals surface area contributed by atoms with Gasteiger partial charge in [-0.15, -0.1) is 11.3 Å². The minimum Gasteiger partial charge on any atom is -0.355 e. The zero-order chi connectivity index (χ0) is 14.5. The van der Waals surface area contributed by atoms with E-state index in [2.05, 4.69) is 53.9 Å². The average Bonchev–Trinajstić information content (AvgIpc) is 3.03. The van der Waals surface area contributed by atoms with E-state index in [0.29, 0.717) is 5.92 Å². The molecular formula is C15H26N4S. The van der Waals surface area contributed by atoms with Gasteiger partial charge in [0.2, 0.25) is 0 Å². The van der Waals surface area contributed by atoms with Crippen LogP contribution in [0.25, 0.3) is 4.96 Å². The van der Waals surface area contributed by atoms with Crippen LogP contribution < -0.4 is 10.2 Å². The van der Waals surface area contributed by atoms with Gasteiger partial charge in [0, 0.05) is 31.2 Å². The molecule has 2 aromatic rings. The van der Waals surface area contributed by atoms with Crippen molar-refractivity contribution in [2.75, 3.05) is 24.5 Å². The molecule has 1 atom stereocenters. The molecule has 2 rings (SSSR count). The van der Waals surface area contributed by atoms with Crippen molar-refractivity contribution in [2.45, 2.75) is 40.7 Å². The summed E-state index contributed by atoms with van der Waals surface area (Å²) in [4.78, 5) is 8.36. The zero-order valence-corrected chi connectivity index (χ0v) is 13.8. The van der Waals surface area contributed by atoms with Crippen molar-refractivity contribution in [3.63, 3.8) is 0 Å². The maximum absolute atomic E-state index is 4.85. The summed E-state index contributed by atoms with van der Waals surface area (Å²) < 4.78 is 2.22. The van der Waals surface area contributed by atoms with Gasteiger partial charge in [-0.3, -0.25) is 4.40 Å². The maximum Gasteiger partial charge on any atom is 0.195 e. The van der Waals surface area contributed by atoms with Crippen LogP contribution in [0.2, 0.25) is 0 Å². The second kappa shape index (κ2) is 7.09. The molecule has 1 N–H and O–H groups in total. The van der Waals surface area contributed by atoms with E-state index in [4.69, 9.17) is 4.98 Å². The summed E-state index contributed by atoms with van der Waals surface area (Å²) in [7, 11) is 0. The molecule has 0 aliphatic heterocycles. The highest BCUT2D eigenvalue weighted by Gasteiger charge is 2.18. The Morgan fingerprint density at radius 3 is 2.85 bits per heavy atom. The first-order chi connectivity index (χ1) is 9.71. The lowest BCUT2D eigenvalue weighted by Crippen LogP contribution is -2.30. The minimum atomic E-state index is 0.696. The van der Waals surface area contributed by atoms with Crippen molar-refractivity contribution in [3.05, 3.63) is 17.3 Å². The molecule has 0 spiro atoms. The summed E-state index contributed by atoms with van der Waals surface area (Å²) >= 11 is 1.71. The Morgan fingerprint density at radius 2 is 2.20 bits per heavy atom. The molecule has 2 aromatic heterocycles. The number of aromatic nitrogens is 2. The van der Waals surface area contributed by atoms with E-state index in [1.165, 1.54) is 12.1 Å². The van der Waals surface area contributed by atoms with Crippen LogP contribution in [-0.2, 0) is 6.54 Å². The standard InChI is InChI=1S/C15H26N4S/c1-5-12(4)11-18(7-3)14-13(10-16-6-2)19-8-9-20-15(19)17-14/h8-9,12,16H,5-7,10-11H2,1-4H3. The normalized spacial score (nSPS) is 13.0. The van der Waals surface area contributed by atoms with Gasteiger partial charge >= 0.3 is 0 Å². The Hall–Kier alpha value is -1.07. The van der Waals surface area contributed by atoms with E-state index in [1.807, 2.05) is 0 Å². The number of hydrogen-bond donors (Lipinski definition) is 1. The molecule has 0 aliphatic carbocycles. The Morgan fingerprint density at radius 1 is 1.40 bits per heavy atom. The smallest absolute Gasteiger partial charge is 0.195 e. The molecule has 5 heteroatoms. The predicted octanol–water partition coefficient (Wildman–Crippen LogP) is 3.38. The van der Waals surface area contributed by atoms with Crippen LogP contribution in [-0.4, -0.2) is 29.0 Å². The average molecular weight is 294 g/mol. The predicted molar refractivity (Wildman–Crippen MR) is 87.8 cm³/mol. The van der Waals surface area contributed by atoms with Crippen molar-refractivity contribution in [2.24, 2.45) is 5.92 Å². The number of anilines is 1. The van der Waals surface area contributed by atoms with Crippen molar-refractivity contribution in [1.82, 2.24) is 14.7 Å². The van der Waals surface area contributed by atoms with E-state index in [9.17, 15) is 0 Å². The Balaban J connectivity index is 2.32. The SMILES string of the molecule is CCNCc1c(N(CC)CC(C)CC)nc2sccn12. The van der Waals surface area contributed by atoms with Gasteiger partial charge in [-0.25, -0.2) is 4.98 Å². The fourth-order valence-corrected chi connectivity index (χ4v) is 3.08. The highest BCUT2D eigenvalue weighted by molar-refractivity contribution is 7.15. The molecule has 20 heavy (non-hydrogen) atoms. The summed E-state index contributed by atoms with van der Waals surface area (Å²) in [5.74, 6) is 1.85. The van der Waals surface area contributed by atoms with E-state index in [-0.39, 0.29) is 0 Å². The topological polar surface area (TPSA) is 32.6 Å². The third kappa shape index (κ3) is 3.15. The molecule has 1 unspecified atom stereocenters. The van der Waals surface area contributed by atoms with Crippen molar-refractivity contribution >= 4 is 22.1 Å². The molecule has 4 nitrogen and oxygen atoms in total. The van der Waals surface area contributed by atoms with E-state index in [0.717, 1.165) is 37.0 Å². The monoisotopic (exact) mass is 294 g/mol. The lowest BCUT2D eigenvalue weighted by atomic mass is 10.1. The summed E-state index contributed by atoms with van der Waals surface area (Å²) in [5, 5.41) is 5.54. The third-order valence-electron chi connectivity index (χ3n) is 3.79. The molecule has 0 saturated heterocycles. The van der Waals surface area contributed by atoms with Crippen LogP contribution in [0.3, 0.4) is 0 Å². The van der Waals surface area contributed by atoms with Crippen molar-refractivity contribution in [3.8, 4) is 0 Å². The number of fused-ring (bicyclic) bond motifs is 1. The minimum absolute atomic E-state index is 0.696. The van der Waals surface area contributed by atoms with Crippen LogP contribution >= 0.6 is 11.3 Å². The third-order valence-corrected chi connectivity index (χ3v) is 4.55. The Labute approximate surface area is 125 Å². The van der Waals surface area contributed by atoms with Crippen LogP contribution in [0.1, 0.15) is 39.8 Å². The largest absolute Gasteiger partial charge is 0.355 e. The summed E-state index contributed by atoms with van der Waals surface area (Å²) in [6.07, 6.45) is 3.33. The quantitative estimate of drug-likeness (QED) is 0.810. The number of thiazole rings is 1. The molecule has 0 bridgehead atoms. The maximum atomic E-state index is 4.85. The van der Waals surface area contributed by atoms with Gasteiger partial charge in [0.1, 0.15) is 0 Å². The molecule has 0 radical (unpaired) electrons. The van der Waals surface area contributed by atoms with Gasteiger partial charge < -0.3 is 10.2 Å². The second-order valence-corrected chi connectivity index (χ2v) is 6.14. The van der Waals surface area contributed by atoms with Crippen LogP contribution in [0.5, 0.6) is 0 Å². The summed E-state index contributed by atoms with van der Waals surface area (Å²) in [6.45, 7) is 12.9. The second-order valence-electron chi connectivity index (χ2n) is 5.27. The van der Waals surface area contributed by atoms with E-state index >= 15 is 0 Å². The lowest BCUT2D eigenvalue weighted by molar-refractivity contribution is 0.544. The fourth-order valence-electron chi connectivity index (χ4n) is 2.35. The molecule has 0 aromatic carbocycles. The van der Waals surface area contributed by atoms with Crippen LogP contribution in [0.15, 0.2) is 11.6 Å². The first kappa shape index (κ1) is 15.3. The summed E-state index contributed by atoms with van der Waals surface area (Å²) in [5.41, 5.74) is 1.29. The van der Waals surface area contributed by atoms with Gasteiger partial charge in [-0.1, -0.05) is 27.2 Å². The van der Waals surface area contributed by atoms with Gasteiger partial charge in [0.05, 0.1) is 5.69 Å². The summed E-state index contributed by atoms with van der Waals surface area (Å²) in [6, 6.07) is 0.